The zero-order valence-corrected chi connectivity index (χ0v) is 27.8. The third-order valence-corrected chi connectivity index (χ3v) is 8.00. The fourth-order valence-corrected chi connectivity index (χ4v) is 5.55. The van der Waals surface area contributed by atoms with Gasteiger partial charge in [-0.05, 0) is 44.5 Å². The Morgan fingerprint density at radius 1 is 1.14 bits per heavy atom. The van der Waals surface area contributed by atoms with Crippen molar-refractivity contribution >= 4 is 46.1 Å². The topological polar surface area (TPSA) is 194 Å². The lowest BCUT2D eigenvalue weighted by atomic mass is 10.1. The number of ether oxygens (including phenoxy) is 3. The molecular weight excluding hydrogens is 634 g/mol. The number of nitro groups is 1. The van der Waals surface area contributed by atoms with Crippen LogP contribution in [0.15, 0.2) is 48.6 Å². The van der Waals surface area contributed by atoms with Gasteiger partial charge in [0, 0.05) is 57.0 Å². The summed E-state index contributed by atoms with van der Waals surface area (Å²) in [6.45, 7) is 9.28. The number of amides is 1. The van der Waals surface area contributed by atoms with Crippen LogP contribution < -0.4 is 21.1 Å². The van der Waals surface area contributed by atoms with E-state index >= 15 is 0 Å². The van der Waals surface area contributed by atoms with E-state index in [9.17, 15) is 19.7 Å². The van der Waals surface area contributed by atoms with Crippen molar-refractivity contribution < 1.29 is 28.7 Å². The number of primary amides is 1. The summed E-state index contributed by atoms with van der Waals surface area (Å²) in [4.78, 5) is 42.7. The Kier molecular flexibility index (Phi) is 11.4. The van der Waals surface area contributed by atoms with Crippen molar-refractivity contribution in [2.45, 2.75) is 33.4 Å². The molecule has 260 valence electrons. The zero-order chi connectivity index (χ0) is 34.9. The number of methoxy groups -OCH3 is 1. The SMILES string of the molecule is CCn1nc(C)cc1Nc1nc2cc(C(=O)OC)ccc2n1C/C=C/CNc1c(OCCCN2CCOCC2)cc(C(N)=O)cc1[N+](=O)[O-]. The summed E-state index contributed by atoms with van der Waals surface area (Å²) in [5.74, 6) is 0.222. The van der Waals surface area contributed by atoms with Crippen LogP contribution in [0.1, 0.15) is 39.8 Å². The number of fused-ring (bicyclic) bond motifs is 1. The van der Waals surface area contributed by atoms with Crippen molar-refractivity contribution in [1.29, 1.82) is 0 Å². The highest BCUT2D eigenvalue weighted by molar-refractivity contribution is 5.96. The van der Waals surface area contributed by atoms with Gasteiger partial charge in [0.25, 0.3) is 5.69 Å². The quantitative estimate of drug-likeness (QED) is 0.0511. The van der Waals surface area contributed by atoms with Crippen molar-refractivity contribution in [2.75, 3.05) is 63.7 Å². The summed E-state index contributed by atoms with van der Waals surface area (Å²) in [5, 5.41) is 23.0. The molecule has 0 spiro atoms. The number of anilines is 3. The van der Waals surface area contributed by atoms with Gasteiger partial charge < -0.3 is 35.1 Å². The van der Waals surface area contributed by atoms with Crippen molar-refractivity contribution in [1.82, 2.24) is 24.2 Å². The van der Waals surface area contributed by atoms with Crippen molar-refractivity contribution in [3.63, 3.8) is 0 Å². The summed E-state index contributed by atoms with van der Waals surface area (Å²) in [6.07, 6.45) is 4.40. The van der Waals surface area contributed by atoms with E-state index in [0.717, 1.165) is 42.7 Å². The molecule has 4 aromatic rings. The van der Waals surface area contributed by atoms with Crippen LogP contribution in [-0.4, -0.2) is 94.1 Å². The van der Waals surface area contributed by atoms with Crippen molar-refractivity contribution in [3.8, 4) is 5.75 Å². The lowest BCUT2D eigenvalue weighted by molar-refractivity contribution is -0.384. The molecule has 4 N–H and O–H groups in total. The smallest absolute Gasteiger partial charge is 0.337 e. The summed E-state index contributed by atoms with van der Waals surface area (Å²) in [5.41, 5.74) is 7.90. The summed E-state index contributed by atoms with van der Waals surface area (Å²) >= 11 is 0. The number of nitrogens with zero attached hydrogens (tertiary/aromatic N) is 6. The maximum absolute atomic E-state index is 12.2. The van der Waals surface area contributed by atoms with Gasteiger partial charge in [0.15, 0.2) is 5.69 Å². The molecule has 0 radical (unpaired) electrons. The Hall–Kier alpha value is -5.48. The predicted octanol–water partition coefficient (Wildman–Crippen LogP) is 3.87. The Labute approximate surface area is 282 Å². The summed E-state index contributed by atoms with van der Waals surface area (Å²) in [6, 6.07) is 9.66. The molecular formula is C33H41N9O7. The van der Waals surface area contributed by atoms with Crippen LogP contribution in [0.5, 0.6) is 5.75 Å². The predicted molar refractivity (Wildman–Crippen MR) is 184 cm³/mol. The molecule has 5 rings (SSSR count). The number of nitro benzene ring substituents is 1. The number of aromatic nitrogens is 4. The minimum Gasteiger partial charge on any atom is -0.491 e. The minimum absolute atomic E-state index is 0.0158. The fourth-order valence-electron chi connectivity index (χ4n) is 5.55. The van der Waals surface area contributed by atoms with Crippen LogP contribution in [-0.2, 0) is 22.6 Å². The standard InChI is InChI=1S/C33H41N9O7/c1-4-41-29(18-22(2)38-41)37-33-36-25-19-23(32(44)47-3)8-9-26(25)40(33)12-6-5-10-35-30-27(42(45)46)20-24(31(34)43)21-28(30)49-15-7-11-39-13-16-48-17-14-39/h5-6,8-9,18-21,35H,4,7,10-17H2,1-3H3,(H2,34,43)(H,36,37)/b6-5+. The zero-order valence-electron chi connectivity index (χ0n) is 27.8. The molecule has 0 unspecified atom stereocenters. The fraction of sp³-hybridized carbons (Fsp3) is 0.394. The molecule has 1 saturated heterocycles. The van der Waals surface area contributed by atoms with Gasteiger partial charge in [0.2, 0.25) is 11.9 Å². The second-order valence-electron chi connectivity index (χ2n) is 11.4. The molecule has 49 heavy (non-hydrogen) atoms. The van der Waals surface area contributed by atoms with E-state index in [1.54, 1.807) is 18.2 Å². The third-order valence-electron chi connectivity index (χ3n) is 8.00. The number of nitrogens with one attached hydrogen (secondary N) is 2. The average molecular weight is 676 g/mol. The number of morpholine rings is 1. The van der Waals surface area contributed by atoms with Gasteiger partial charge in [0.05, 0.1) is 54.1 Å². The number of hydrogen-bond acceptors (Lipinski definition) is 12. The number of carbonyl (C=O) groups is 2. The number of carbonyl (C=O) groups excluding carboxylic acids is 2. The maximum atomic E-state index is 12.2. The molecule has 2 aromatic heterocycles. The lowest BCUT2D eigenvalue weighted by Crippen LogP contribution is -2.37. The Morgan fingerprint density at radius 2 is 1.94 bits per heavy atom. The normalized spacial score (nSPS) is 13.5. The highest BCUT2D eigenvalue weighted by Gasteiger charge is 2.23. The van der Waals surface area contributed by atoms with Gasteiger partial charge in [-0.3, -0.25) is 19.8 Å². The van der Waals surface area contributed by atoms with Gasteiger partial charge in [-0.15, -0.1) is 0 Å². The van der Waals surface area contributed by atoms with E-state index < -0.39 is 16.8 Å². The highest BCUT2D eigenvalue weighted by atomic mass is 16.6. The molecule has 1 aliphatic heterocycles. The summed E-state index contributed by atoms with van der Waals surface area (Å²) < 4.78 is 20.0. The average Bonchev–Trinajstić information content (AvgIpc) is 3.64. The first-order chi connectivity index (χ1) is 23.7. The van der Waals surface area contributed by atoms with E-state index in [2.05, 4.69) is 20.6 Å². The number of benzene rings is 2. The van der Waals surface area contributed by atoms with Gasteiger partial charge in [-0.1, -0.05) is 12.2 Å². The van der Waals surface area contributed by atoms with E-state index in [1.807, 2.05) is 41.3 Å². The van der Waals surface area contributed by atoms with E-state index in [0.29, 0.717) is 56.4 Å². The van der Waals surface area contributed by atoms with Crippen LogP contribution in [0.25, 0.3) is 11.0 Å². The Bertz CT molecular complexity index is 1840. The molecule has 16 heteroatoms. The number of hydrogen-bond donors (Lipinski definition) is 3. The molecule has 1 amide bonds. The lowest BCUT2D eigenvalue weighted by Gasteiger charge is -2.26. The highest BCUT2D eigenvalue weighted by Crippen LogP contribution is 2.36. The molecule has 3 heterocycles. The molecule has 0 bridgehead atoms. The number of imidazole rings is 1. The number of rotatable bonds is 16. The van der Waals surface area contributed by atoms with E-state index in [4.69, 9.17) is 24.9 Å². The maximum Gasteiger partial charge on any atom is 0.337 e. The van der Waals surface area contributed by atoms with Crippen LogP contribution in [0.2, 0.25) is 0 Å². The Balaban J connectivity index is 1.34. The first-order valence-corrected chi connectivity index (χ1v) is 16.0. The van der Waals surface area contributed by atoms with Crippen LogP contribution in [0.3, 0.4) is 0 Å². The van der Waals surface area contributed by atoms with Gasteiger partial charge in [-0.2, -0.15) is 5.10 Å². The Morgan fingerprint density at radius 3 is 2.65 bits per heavy atom. The van der Waals surface area contributed by atoms with Crippen LogP contribution in [0.4, 0.5) is 23.1 Å². The van der Waals surface area contributed by atoms with Crippen molar-refractivity contribution in [2.24, 2.45) is 5.73 Å². The second-order valence-corrected chi connectivity index (χ2v) is 11.4. The minimum atomic E-state index is -0.791. The molecule has 0 aliphatic carbocycles. The first-order valence-electron chi connectivity index (χ1n) is 16.0. The molecule has 1 fully saturated rings. The largest absolute Gasteiger partial charge is 0.491 e. The first kappa shape index (κ1) is 34.8. The van der Waals surface area contributed by atoms with Gasteiger partial charge in [0.1, 0.15) is 11.6 Å². The van der Waals surface area contributed by atoms with Crippen LogP contribution >= 0.6 is 0 Å². The molecule has 16 nitrogen and oxygen atoms in total. The van der Waals surface area contributed by atoms with E-state index in [1.165, 1.54) is 13.2 Å². The molecule has 2 aromatic carbocycles. The van der Waals surface area contributed by atoms with E-state index in [-0.39, 0.29) is 29.2 Å². The molecule has 1 aliphatic rings. The van der Waals surface area contributed by atoms with Crippen LogP contribution in [0, 0.1) is 17.0 Å². The second kappa shape index (κ2) is 16.1. The van der Waals surface area contributed by atoms with Crippen molar-refractivity contribution in [3.05, 3.63) is 75.5 Å². The monoisotopic (exact) mass is 675 g/mol. The van der Waals surface area contributed by atoms with Gasteiger partial charge in [-0.25, -0.2) is 14.5 Å². The number of aryl methyl sites for hydroxylation is 2. The summed E-state index contributed by atoms with van der Waals surface area (Å²) in [7, 11) is 1.33. The number of allylic oxidation sites excluding steroid dienone is 1. The van der Waals surface area contributed by atoms with Gasteiger partial charge >= 0.3 is 5.97 Å². The molecule has 0 saturated carbocycles. The third kappa shape index (κ3) is 8.52. The number of esters is 1. The molecule has 0 atom stereocenters. The number of nitrogens with two attached hydrogens (primary N) is 1.